The molecule has 0 radical (unpaired) electrons. The first-order valence-electron chi connectivity index (χ1n) is 12.0. The van der Waals surface area contributed by atoms with Crippen molar-refractivity contribution in [2.45, 2.75) is 31.3 Å². The molecule has 6 nitrogen and oxygen atoms in total. The summed E-state index contributed by atoms with van der Waals surface area (Å²) in [4.78, 5) is 24.0. The number of rotatable bonds is 7. The number of carbonyl (C=O) groups is 2. The van der Waals surface area contributed by atoms with E-state index in [0.717, 1.165) is 36.8 Å². The van der Waals surface area contributed by atoms with Gasteiger partial charge in [-0.15, -0.1) is 0 Å². The number of hydrogen-bond acceptors (Lipinski definition) is 4. The monoisotopic (exact) mass is 535 g/mol. The largest absolute Gasteiger partial charge is 0.441 e. The fourth-order valence-electron chi connectivity index (χ4n) is 4.50. The number of aryl methyl sites for hydroxylation is 1. The molecule has 9 heteroatoms. The van der Waals surface area contributed by atoms with Crippen LogP contribution in [0.5, 0.6) is 0 Å². The second-order valence-electron chi connectivity index (χ2n) is 9.39. The fourth-order valence-corrected chi connectivity index (χ4v) is 4.79. The van der Waals surface area contributed by atoms with Gasteiger partial charge in [0.1, 0.15) is 29.8 Å². The topological polar surface area (TPSA) is 73.2 Å². The van der Waals surface area contributed by atoms with E-state index < -0.39 is 29.2 Å². The molecule has 1 heterocycles. The van der Waals surface area contributed by atoms with Crippen molar-refractivity contribution in [1.82, 2.24) is 9.78 Å². The zero-order chi connectivity index (χ0) is 27.0. The van der Waals surface area contributed by atoms with Gasteiger partial charge in [0.2, 0.25) is 0 Å². The molecule has 194 valence electrons. The van der Waals surface area contributed by atoms with Crippen LogP contribution in [0.1, 0.15) is 37.0 Å². The second-order valence-corrected chi connectivity index (χ2v) is 9.79. The smallest absolute Gasteiger partial charge is 0.413 e. The zero-order valence-corrected chi connectivity index (χ0v) is 21.4. The van der Waals surface area contributed by atoms with E-state index in [4.69, 9.17) is 16.3 Å². The van der Waals surface area contributed by atoms with Crippen LogP contribution in [0.3, 0.4) is 0 Å². The Morgan fingerprint density at radius 2 is 1.74 bits per heavy atom. The van der Waals surface area contributed by atoms with Gasteiger partial charge in [0.15, 0.2) is 0 Å². The maximum atomic E-state index is 15.3. The highest BCUT2D eigenvalue weighted by Crippen LogP contribution is 2.46. The predicted octanol–water partition coefficient (Wildman–Crippen LogP) is 7.23. The van der Waals surface area contributed by atoms with Gasteiger partial charge in [-0.25, -0.2) is 13.6 Å². The molecule has 1 saturated carbocycles. The molecule has 0 unspecified atom stereocenters. The fraction of sp³-hybridized carbons (Fsp3) is 0.207. The van der Waals surface area contributed by atoms with Crippen LogP contribution in [0.25, 0.3) is 22.3 Å². The van der Waals surface area contributed by atoms with Gasteiger partial charge in [-0.1, -0.05) is 54.1 Å². The summed E-state index contributed by atoms with van der Waals surface area (Å²) in [5, 5.41) is 7.14. The second kappa shape index (κ2) is 10.0. The molecule has 38 heavy (non-hydrogen) atoms. The quantitative estimate of drug-likeness (QED) is 0.253. The van der Waals surface area contributed by atoms with Gasteiger partial charge in [-0.05, 0) is 49.1 Å². The summed E-state index contributed by atoms with van der Waals surface area (Å²) in [7, 11) is 1.56. The number of halogens is 3. The Labute approximate surface area is 223 Å². The van der Waals surface area contributed by atoms with E-state index in [2.05, 4.69) is 10.4 Å². The normalized spacial score (nSPS) is 14.6. The summed E-state index contributed by atoms with van der Waals surface area (Å²) in [5.41, 5.74) is 1.75. The highest BCUT2D eigenvalue weighted by Gasteiger charge is 2.44. The third-order valence-corrected chi connectivity index (χ3v) is 7.26. The molecule has 1 amide bonds. The van der Waals surface area contributed by atoms with Crippen LogP contribution in [-0.2, 0) is 22.0 Å². The van der Waals surface area contributed by atoms with Crippen molar-refractivity contribution in [1.29, 1.82) is 0 Å². The highest BCUT2D eigenvalue weighted by atomic mass is 35.5. The van der Waals surface area contributed by atoms with Gasteiger partial charge < -0.3 is 9.53 Å². The third-order valence-electron chi connectivity index (χ3n) is 6.92. The van der Waals surface area contributed by atoms with Crippen molar-refractivity contribution in [3.63, 3.8) is 0 Å². The molecule has 0 aliphatic heterocycles. The van der Waals surface area contributed by atoms with Crippen molar-refractivity contribution in [3.8, 4) is 22.3 Å². The Balaban J connectivity index is 1.38. The minimum Gasteiger partial charge on any atom is -0.441 e. The van der Waals surface area contributed by atoms with E-state index in [1.165, 1.54) is 10.9 Å². The average molecular weight is 536 g/mol. The van der Waals surface area contributed by atoms with Crippen LogP contribution < -0.4 is 5.32 Å². The molecule has 1 N–H and O–H groups in total. The Kier molecular flexibility index (Phi) is 6.75. The summed E-state index contributed by atoms with van der Waals surface area (Å²) in [6, 6.07) is 16.1. The van der Waals surface area contributed by atoms with Crippen LogP contribution in [0.2, 0.25) is 5.02 Å². The maximum absolute atomic E-state index is 15.3. The van der Waals surface area contributed by atoms with Crippen LogP contribution in [0.4, 0.5) is 19.4 Å². The summed E-state index contributed by atoms with van der Waals surface area (Å²) in [6.07, 6.45) is 2.42. The van der Waals surface area contributed by atoms with E-state index >= 15 is 8.78 Å². The van der Waals surface area contributed by atoms with E-state index in [1.807, 2.05) is 0 Å². The molecule has 1 atom stereocenters. The molecular formula is C29H24ClF2N3O3. The number of amides is 1. The molecular weight excluding hydrogens is 512 g/mol. The van der Waals surface area contributed by atoms with E-state index in [-0.39, 0.29) is 22.5 Å². The number of ether oxygens (including phenoxy) is 1. The van der Waals surface area contributed by atoms with Crippen LogP contribution in [0, 0.1) is 11.6 Å². The standard InChI is InChI=1S/C29H24ClF2N3O3/c1-17(20-5-3-4-6-24(20)30)38-28(37)34-27-23(15-33-35(27)2)22-14-25(31)21(13-26(22)32)18-7-9-19(10-8-18)29(16-36)11-12-29/h3-10,13-17H,11-12H2,1-2H3,(H,34,37)/t17-/m1/s1. The van der Waals surface area contributed by atoms with Crippen molar-refractivity contribution in [3.05, 3.63) is 94.6 Å². The summed E-state index contributed by atoms with van der Waals surface area (Å²) < 4.78 is 37.3. The lowest BCUT2D eigenvalue weighted by Crippen LogP contribution is -2.18. The third kappa shape index (κ3) is 4.79. The lowest BCUT2D eigenvalue weighted by Gasteiger charge is -2.16. The molecule has 1 aliphatic carbocycles. The average Bonchev–Trinajstić information content (AvgIpc) is 3.63. The van der Waals surface area contributed by atoms with Gasteiger partial charge in [0.25, 0.3) is 0 Å². The van der Waals surface area contributed by atoms with Gasteiger partial charge >= 0.3 is 6.09 Å². The minimum absolute atomic E-state index is 0.0664. The molecule has 0 bridgehead atoms. The number of hydrogen-bond donors (Lipinski definition) is 1. The maximum Gasteiger partial charge on any atom is 0.413 e. The van der Waals surface area contributed by atoms with Crippen molar-refractivity contribution in [2.75, 3.05) is 5.32 Å². The number of nitrogens with zero attached hydrogens (tertiary/aromatic N) is 2. The zero-order valence-electron chi connectivity index (χ0n) is 20.7. The molecule has 1 fully saturated rings. The highest BCUT2D eigenvalue weighted by molar-refractivity contribution is 6.31. The van der Waals surface area contributed by atoms with Gasteiger partial charge in [0.05, 0.1) is 11.6 Å². The van der Waals surface area contributed by atoms with Gasteiger partial charge in [-0.2, -0.15) is 5.10 Å². The van der Waals surface area contributed by atoms with E-state index in [0.29, 0.717) is 16.1 Å². The molecule has 0 saturated heterocycles. The Bertz CT molecular complexity index is 1530. The van der Waals surface area contributed by atoms with Crippen molar-refractivity contribution in [2.24, 2.45) is 7.05 Å². The SMILES string of the molecule is C[C@@H](OC(=O)Nc1c(-c2cc(F)c(-c3ccc(C4(C=O)CC4)cc3)cc2F)cnn1C)c1ccccc1Cl. The molecule has 3 aromatic carbocycles. The van der Waals surface area contributed by atoms with E-state index in [9.17, 15) is 9.59 Å². The Morgan fingerprint density at radius 3 is 2.39 bits per heavy atom. The first-order chi connectivity index (χ1) is 18.2. The molecule has 5 rings (SSSR count). The van der Waals surface area contributed by atoms with Crippen molar-refractivity contribution >= 4 is 29.8 Å². The van der Waals surface area contributed by atoms with Crippen LogP contribution >= 0.6 is 11.6 Å². The number of benzene rings is 3. The number of nitrogens with one attached hydrogen (secondary N) is 1. The Hall–Kier alpha value is -4.04. The number of anilines is 1. The van der Waals surface area contributed by atoms with Gasteiger partial charge in [-0.3, -0.25) is 10.00 Å². The number of aromatic nitrogens is 2. The number of aldehydes is 1. The van der Waals surface area contributed by atoms with Crippen LogP contribution in [-0.4, -0.2) is 22.2 Å². The lowest BCUT2D eigenvalue weighted by molar-refractivity contribution is -0.109. The molecule has 1 aliphatic rings. The summed E-state index contributed by atoms with van der Waals surface area (Å²) in [6.45, 7) is 1.68. The van der Waals surface area contributed by atoms with Gasteiger partial charge in [0, 0.05) is 34.3 Å². The minimum atomic E-state index is -0.802. The number of carbonyl (C=O) groups excluding carboxylic acids is 2. The predicted molar refractivity (Wildman–Crippen MR) is 141 cm³/mol. The summed E-state index contributed by atoms with van der Waals surface area (Å²) >= 11 is 6.19. The van der Waals surface area contributed by atoms with E-state index in [1.54, 1.807) is 62.5 Å². The molecule has 4 aromatic rings. The Morgan fingerprint density at radius 1 is 1.08 bits per heavy atom. The molecule has 0 spiro atoms. The first-order valence-corrected chi connectivity index (χ1v) is 12.4. The summed E-state index contributed by atoms with van der Waals surface area (Å²) in [5.74, 6) is -1.19. The van der Waals surface area contributed by atoms with Crippen LogP contribution in [0.15, 0.2) is 66.9 Å². The lowest BCUT2D eigenvalue weighted by atomic mass is 9.94. The van der Waals surface area contributed by atoms with Crippen molar-refractivity contribution < 1.29 is 23.1 Å². The molecule has 1 aromatic heterocycles. The first kappa shape index (κ1) is 25.6.